The molecule has 3 N–H and O–H groups in total. The first kappa shape index (κ1) is 68.3. The Labute approximate surface area is 437 Å². The molecule has 0 aliphatic carbocycles. The average molecular weight is 987 g/mol. The number of rotatable bonds is 59. The van der Waals surface area contributed by atoms with Gasteiger partial charge in [-0.3, -0.25) is 9.59 Å². The van der Waals surface area contributed by atoms with Crippen LogP contribution in [0.4, 0.5) is 0 Å². The number of amides is 1. The molecule has 0 saturated heterocycles. The van der Waals surface area contributed by atoms with E-state index in [0.29, 0.717) is 19.4 Å². The van der Waals surface area contributed by atoms with E-state index in [9.17, 15) is 19.8 Å². The quantitative estimate of drug-likeness (QED) is 0.0321. The second-order valence-electron chi connectivity index (χ2n) is 21.7. The fourth-order valence-corrected chi connectivity index (χ4v) is 9.87. The van der Waals surface area contributed by atoms with Crippen molar-refractivity contribution in [2.75, 3.05) is 13.2 Å². The summed E-state index contributed by atoms with van der Waals surface area (Å²) < 4.78 is 5.48. The summed E-state index contributed by atoms with van der Waals surface area (Å²) in [5.41, 5.74) is 0. The van der Waals surface area contributed by atoms with Crippen LogP contribution in [0.15, 0.2) is 24.3 Å². The van der Waals surface area contributed by atoms with Gasteiger partial charge in [-0.15, -0.1) is 0 Å². The maximum atomic E-state index is 12.4. The molecule has 0 saturated carbocycles. The lowest BCUT2D eigenvalue weighted by atomic mass is 10.0. The van der Waals surface area contributed by atoms with Gasteiger partial charge in [-0.1, -0.05) is 301 Å². The number of hydrogen-bond acceptors (Lipinski definition) is 5. The average Bonchev–Trinajstić information content (AvgIpc) is 3.36. The Hall–Kier alpha value is -1.66. The Morgan fingerprint density at radius 2 is 0.671 bits per heavy atom. The number of ether oxygens (including phenoxy) is 1. The van der Waals surface area contributed by atoms with Crippen LogP contribution in [-0.2, 0) is 14.3 Å². The number of unbranched alkanes of at least 4 members (excludes halogenated alkanes) is 46. The highest BCUT2D eigenvalue weighted by Crippen LogP contribution is 2.18. The highest BCUT2D eigenvalue weighted by atomic mass is 16.5. The Morgan fingerprint density at radius 1 is 0.386 bits per heavy atom. The molecule has 0 aliphatic heterocycles. The number of esters is 1. The van der Waals surface area contributed by atoms with Crippen molar-refractivity contribution >= 4 is 11.9 Å². The summed E-state index contributed by atoms with van der Waals surface area (Å²) in [5.74, 6) is -0.0563. The van der Waals surface area contributed by atoms with Gasteiger partial charge in [0.2, 0.25) is 5.91 Å². The van der Waals surface area contributed by atoms with Gasteiger partial charge in [0.05, 0.1) is 25.4 Å². The molecule has 0 rings (SSSR count). The Balaban J connectivity index is 3.36. The molecule has 0 radical (unpaired) electrons. The monoisotopic (exact) mass is 986 g/mol. The van der Waals surface area contributed by atoms with Crippen LogP contribution >= 0.6 is 0 Å². The van der Waals surface area contributed by atoms with Gasteiger partial charge in [0.15, 0.2) is 0 Å². The van der Waals surface area contributed by atoms with Gasteiger partial charge in [0.1, 0.15) is 0 Å². The highest BCUT2D eigenvalue weighted by Gasteiger charge is 2.18. The van der Waals surface area contributed by atoms with E-state index in [0.717, 1.165) is 44.9 Å². The normalized spacial score (nSPS) is 12.7. The summed E-state index contributed by atoms with van der Waals surface area (Å²) >= 11 is 0. The minimum Gasteiger partial charge on any atom is -0.466 e. The number of carbonyl (C=O) groups is 2. The van der Waals surface area contributed by atoms with Crippen LogP contribution in [0.2, 0.25) is 0 Å². The SMILES string of the molecule is CCCCCCC/C=C\CCCCCCCC(=O)OCCCCCCCCCCCCCCCCCCCCCCCCCCCCC(=O)NC(CO)C(O)/C=C/CCCCCCCCCCCCC. The fourth-order valence-electron chi connectivity index (χ4n) is 9.87. The highest BCUT2D eigenvalue weighted by molar-refractivity contribution is 5.76. The van der Waals surface area contributed by atoms with E-state index in [1.807, 2.05) is 6.08 Å². The zero-order valence-corrected chi connectivity index (χ0v) is 47.3. The van der Waals surface area contributed by atoms with Crippen molar-refractivity contribution in [3.8, 4) is 0 Å². The lowest BCUT2D eigenvalue weighted by Gasteiger charge is -2.20. The van der Waals surface area contributed by atoms with Gasteiger partial charge in [0.25, 0.3) is 0 Å². The van der Waals surface area contributed by atoms with Crippen LogP contribution in [0.5, 0.6) is 0 Å². The second kappa shape index (κ2) is 59.9. The number of aliphatic hydroxyl groups is 2. The molecule has 1 amide bonds. The summed E-state index contributed by atoms with van der Waals surface area (Å²) in [6.07, 6.45) is 73.7. The molecular formula is C64H123NO5. The zero-order valence-electron chi connectivity index (χ0n) is 47.3. The van der Waals surface area contributed by atoms with Crippen molar-refractivity contribution in [3.63, 3.8) is 0 Å². The lowest BCUT2D eigenvalue weighted by Crippen LogP contribution is -2.45. The van der Waals surface area contributed by atoms with Crippen molar-refractivity contribution in [3.05, 3.63) is 24.3 Å². The van der Waals surface area contributed by atoms with E-state index in [1.165, 1.54) is 276 Å². The number of nitrogens with one attached hydrogen (secondary N) is 1. The molecule has 2 unspecified atom stereocenters. The lowest BCUT2D eigenvalue weighted by molar-refractivity contribution is -0.143. The predicted octanol–water partition coefficient (Wildman–Crippen LogP) is 19.8. The Morgan fingerprint density at radius 3 is 1.01 bits per heavy atom. The molecule has 6 heteroatoms. The molecule has 0 aliphatic rings. The molecule has 0 aromatic rings. The third kappa shape index (κ3) is 55.7. The number of hydrogen-bond donors (Lipinski definition) is 3. The van der Waals surface area contributed by atoms with Crippen molar-refractivity contribution in [1.29, 1.82) is 0 Å². The first-order valence-electron chi connectivity index (χ1n) is 31.6. The van der Waals surface area contributed by atoms with Gasteiger partial charge < -0.3 is 20.3 Å². The van der Waals surface area contributed by atoms with Crippen LogP contribution in [0.25, 0.3) is 0 Å². The van der Waals surface area contributed by atoms with E-state index in [2.05, 4.69) is 31.3 Å². The first-order valence-corrected chi connectivity index (χ1v) is 31.6. The molecule has 414 valence electrons. The summed E-state index contributed by atoms with van der Waals surface area (Å²) in [6.45, 7) is 4.91. The van der Waals surface area contributed by atoms with Crippen LogP contribution in [0.1, 0.15) is 348 Å². The Bertz CT molecular complexity index is 1090. The van der Waals surface area contributed by atoms with Gasteiger partial charge in [-0.2, -0.15) is 0 Å². The third-order valence-corrected chi connectivity index (χ3v) is 14.7. The minimum absolute atomic E-state index is 0.00853. The molecule has 0 aromatic carbocycles. The van der Waals surface area contributed by atoms with Crippen LogP contribution in [0, 0.1) is 0 Å². The smallest absolute Gasteiger partial charge is 0.305 e. The topological polar surface area (TPSA) is 95.9 Å². The van der Waals surface area contributed by atoms with Gasteiger partial charge in [-0.05, 0) is 57.8 Å². The fraction of sp³-hybridized carbons (Fsp3) is 0.906. The predicted molar refractivity (Wildman–Crippen MR) is 306 cm³/mol. The second-order valence-corrected chi connectivity index (χ2v) is 21.7. The minimum atomic E-state index is -0.841. The number of carbonyl (C=O) groups excluding carboxylic acids is 2. The summed E-state index contributed by atoms with van der Waals surface area (Å²) in [5, 5.41) is 23.1. The van der Waals surface area contributed by atoms with Crippen LogP contribution in [0.3, 0.4) is 0 Å². The number of allylic oxidation sites excluding steroid dienone is 3. The van der Waals surface area contributed by atoms with Gasteiger partial charge in [-0.25, -0.2) is 0 Å². The maximum Gasteiger partial charge on any atom is 0.305 e. The van der Waals surface area contributed by atoms with E-state index in [1.54, 1.807) is 6.08 Å². The molecule has 0 heterocycles. The largest absolute Gasteiger partial charge is 0.466 e. The van der Waals surface area contributed by atoms with E-state index < -0.39 is 12.1 Å². The molecule has 0 bridgehead atoms. The van der Waals surface area contributed by atoms with Crippen LogP contribution in [-0.4, -0.2) is 47.4 Å². The van der Waals surface area contributed by atoms with Gasteiger partial charge >= 0.3 is 5.97 Å². The molecule has 70 heavy (non-hydrogen) atoms. The molecule has 2 atom stereocenters. The third-order valence-electron chi connectivity index (χ3n) is 14.7. The zero-order chi connectivity index (χ0) is 50.7. The van der Waals surface area contributed by atoms with Gasteiger partial charge in [0, 0.05) is 12.8 Å². The molecule has 0 fully saturated rings. The standard InChI is InChI=1S/C64H123NO5/c1-3-5-7-9-11-13-15-17-34-38-42-46-50-54-58-64(69)70-59-55-51-47-43-39-35-31-29-27-25-23-21-19-18-20-22-24-26-28-30-33-37-41-45-49-53-57-63(68)65-61(60-66)62(67)56-52-48-44-40-36-32-16-14-12-10-8-6-4-2/h15,17,52,56,61-62,66-67H,3-14,16,18-51,53-55,57-60H2,1-2H3,(H,65,68)/b17-15-,56-52+. The van der Waals surface area contributed by atoms with Crippen molar-refractivity contribution < 1.29 is 24.5 Å². The van der Waals surface area contributed by atoms with Crippen molar-refractivity contribution in [2.45, 2.75) is 360 Å². The van der Waals surface area contributed by atoms with E-state index >= 15 is 0 Å². The van der Waals surface area contributed by atoms with Crippen LogP contribution < -0.4 is 5.32 Å². The first-order chi connectivity index (χ1) is 34.5. The van der Waals surface area contributed by atoms with Crippen molar-refractivity contribution in [2.24, 2.45) is 0 Å². The van der Waals surface area contributed by atoms with Crippen molar-refractivity contribution in [1.82, 2.24) is 5.32 Å². The van der Waals surface area contributed by atoms with E-state index in [4.69, 9.17) is 4.74 Å². The summed E-state index contributed by atoms with van der Waals surface area (Å²) in [4.78, 5) is 24.5. The number of aliphatic hydroxyl groups excluding tert-OH is 2. The maximum absolute atomic E-state index is 12.4. The molecule has 0 spiro atoms. The Kier molecular flexibility index (Phi) is 58.5. The van der Waals surface area contributed by atoms with E-state index in [-0.39, 0.29) is 18.5 Å². The molecule has 6 nitrogen and oxygen atoms in total. The summed E-state index contributed by atoms with van der Waals surface area (Å²) in [6, 6.07) is -0.625. The summed E-state index contributed by atoms with van der Waals surface area (Å²) in [7, 11) is 0. The molecule has 0 aromatic heterocycles. The molecular weight excluding hydrogens is 863 g/mol.